The number of ether oxygens (including phenoxy) is 1. The van der Waals surface area contributed by atoms with Crippen LogP contribution in [0.1, 0.15) is 18.9 Å². The Morgan fingerprint density at radius 1 is 1.24 bits per heavy atom. The van der Waals surface area contributed by atoms with Gasteiger partial charge in [0.25, 0.3) is 0 Å². The first-order valence-corrected chi connectivity index (χ1v) is 5.06. The van der Waals surface area contributed by atoms with Crippen molar-refractivity contribution in [3.05, 3.63) is 29.8 Å². The van der Waals surface area contributed by atoms with Gasteiger partial charge >= 0.3 is 6.36 Å². The molecule has 0 heterocycles. The second kappa shape index (κ2) is 4.91. The molecule has 0 aromatic heterocycles. The van der Waals surface area contributed by atoms with Gasteiger partial charge in [-0.15, -0.1) is 13.2 Å². The number of hydrogen-bond acceptors (Lipinski definition) is 2. The van der Waals surface area contributed by atoms with E-state index in [0.717, 1.165) is 12.1 Å². The van der Waals surface area contributed by atoms with Crippen LogP contribution in [0.15, 0.2) is 24.3 Å². The molecule has 1 unspecified atom stereocenters. The van der Waals surface area contributed by atoms with E-state index in [1.165, 1.54) is 12.1 Å². The van der Waals surface area contributed by atoms with E-state index in [1.54, 1.807) is 6.92 Å². The molecule has 6 heteroatoms. The summed E-state index contributed by atoms with van der Waals surface area (Å²) in [5.74, 6) is -0.445. The van der Waals surface area contributed by atoms with Crippen molar-refractivity contribution in [1.82, 2.24) is 0 Å². The molecule has 1 atom stereocenters. The van der Waals surface area contributed by atoms with Crippen LogP contribution in [0.4, 0.5) is 17.6 Å². The highest BCUT2D eigenvalue weighted by Gasteiger charge is 2.33. The molecule has 0 aliphatic rings. The molecule has 0 amide bonds. The molecule has 2 nitrogen and oxygen atoms in total. The SMILES string of the molecule is CCC(F)(CN)c1cccc(OC(F)(F)F)c1. The quantitative estimate of drug-likeness (QED) is 0.834. The highest BCUT2D eigenvalue weighted by Crippen LogP contribution is 2.32. The third-order valence-electron chi connectivity index (χ3n) is 2.47. The molecule has 0 saturated heterocycles. The van der Waals surface area contributed by atoms with Gasteiger partial charge < -0.3 is 10.5 Å². The Kier molecular flexibility index (Phi) is 3.98. The summed E-state index contributed by atoms with van der Waals surface area (Å²) >= 11 is 0. The molecular weight excluding hydrogens is 238 g/mol. The Morgan fingerprint density at radius 2 is 1.88 bits per heavy atom. The van der Waals surface area contributed by atoms with E-state index >= 15 is 0 Å². The third kappa shape index (κ3) is 3.59. The topological polar surface area (TPSA) is 35.2 Å². The number of hydrogen-bond donors (Lipinski definition) is 1. The van der Waals surface area contributed by atoms with Crippen LogP contribution in [-0.4, -0.2) is 12.9 Å². The van der Waals surface area contributed by atoms with Crippen molar-refractivity contribution < 1.29 is 22.3 Å². The van der Waals surface area contributed by atoms with Gasteiger partial charge in [-0.2, -0.15) is 0 Å². The average Bonchev–Trinajstić information content (AvgIpc) is 2.26. The Morgan fingerprint density at radius 3 is 2.35 bits per heavy atom. The van der Waals surface area contributed by atoms with Gasteiger partial charge in [0.2, 0.25) is 0 Å². The average molecular weight is 251 g/mol. The predicted octanol–water partition coefficient (Wildman–Crippen LogP) is 3.12. The molecule has 0 spiro atoms. The van der Waals surface area contributed by atoms with Crippen molar-refractivity contribution in [3.8, 4) is 5.75 Å². The molecule has 1 aromatic rings. The number of halogens is 4. The minimum atomic E-state index is -4.79. The van der Waals surface area contributed by atoms with Gasteiger partial charge in [-0.25, -0.2) is 4.39 Å². The zero-order valence-corrected chi connectivity index (χ0v) is 9.22. The maximum Gasteiger partial charge on any atom is 0.573 e. The Hall–Kier alpha value is -1.30. The van der Waals surface area contributed by atoms with Gasteiger partial charge in [0.05, 0.1) is 0 Å². The summed E-state index contributed by atoms with van der Waals surface area (Å²) < 4.78 is 53.8. The zero-order valence-electron chi connectivity index (χ0n) is 9.22. The van der Waals surface area contributed by atoms with Crippen molar-refractivity contribution in [2.24, 2.45) is 5.73 Å². The maximum atomic E-state index is 14.1. The molecule has 0 bridgehead atoms. The summed E-state index contributed by atoms with van der Waals surface area (Å²) in [6.07, 6.45) is -4.70. The van der Waals surface area contributed by atoms with Gasteiger partial charge in [-0.1, -0.05) is 19.1 Å². The fraction of sp³-hybridized carbons (Fsp3) is 0.455. The van der Waals surface area contributed by atoms with Crippen LogP contribution in [0.2, 0.25) is 0 Å². The molecule has 96 valence electrons. The lowest BCUT2D eigenvalue weighted by molar-refractivity contribution is -0.274. The molecule has 0 fully saturated rings. The van der Waals surface area contributed by atoms with Crippen LogP contribution in [0.5, 0.6) is 5.75 Å². The fourth-order valence-electron chi connectivity index (χ4n) is 1.44. The Balaban J connectivity index is 3.01. The molecule has 1 aromatic carbocycles. The second-order valence-electron chi connectivity index (χ2n) is 3.60. The summed E-state index contributed by atoms with van der Waals surface area (Å²) in [4.78, 5) is 0. The van der Waals surface area contributed by atoms with E-state index < -0.39 is 17.8 Å². The molecule has 1 rings (SSSR count). The monoisotopic (exact) mass is 251 g/mol. The number of rotatable bonds is 4. The predicted molar refractivity (Wildman–Crippen MR) is 55.3 cm³/mol. The van der Waals surface area contributed by atoms with Crippen molar-refractivity contribution in [2.45, 2.75) is 25.4 Å². The van der Waals surface area contributed by atoms with Crippen LogP contribution >= 0.6 is 0 Å². The lowest BCUT2D eigenvalue weighted by atomic mass is 9.93. The van der Waals surface area contributed by atoms with Gasteiger partial charge in [-0.3, -0.25) is 0 Å². The van der Waals surface area contributed by atoms with Gasteiger partial charge in [-0.05, 0) is 24.1 Å². The smallest absolute Gasteiger partial charge is 0.406 e. The third-order valence-corrected chi connectivity index (χ3v) is 2.47. The van der Waals surface area contributed by atoms with E-state index in [1.807, 2.05) is 0 Å². The van der Waals surface area contributed by atoms with Crippen molar-refractivity contribution in [2.75, 3.05) is 6.54 Å². The lowest BCUT2D eigenvalue weighted by Gasteiger charge is -2.23. The normalized spacial score (nSPS) is 15.4. The first-order valence-electron chi connectivity index (χ1n) is 5.06. The van der Waals surface area contributed by atoms with E-state index in [9.17, 15) is 17.6 Å². The van der Waals surface area contributed by atoms with Crippen LogP contribution in [-0.2, 0) is 5.67 Å². The summed E-state index contributed by atoms with van der Waals surface area (Å²) in [6, 6.07) is 4.82. The lowest BCUT2D eigenvalue weighted by Crippen LogP contribution is -2.29. The van der Waals surface area contributed by atoms with E-state index in [0.29, 0.717) is 0 Å². The summed E-state index contributed by atoms with van der Waals surface area (Å²) in [5, 5.41) is 0. The van der Waals surface area contributed by atoms with Crippen LogP contribution < -0.4 is 10.5 Å². The Labute approximate surface area is 96.4 Å². The van der Waals surface area contributed by atoms with Gasteiger partial charge in [0.1, 0.15) is 11.4 Å². The minimum absolute atomic E-state index is 0.0823. The van der Waals surface area contributed by atoms with Gasteiger partial charge in [0.15, 0.2) is 0 Å². The summed E-state index contributed by atoms with van der Waals surface area (Å²) in [6.45, 7) is 1.28. The number of nitrogens with two attached hydrogens (primary N) is 1. The number of alkyl halides is 4. The van der Waals surface area contributed by atoms with Gasteiger partial charge in [0, 0.05) is 6.54 Å². The van der Waals surface area contributed by atoms with Crippen LogP contribution in [0.3, 0.4) is 0 Å². The van der Waals surface area contributed by atoms with Crippen LogP contribution in [0.25, 0.3) is 0 Å². The maximum absolute atomic E-state index is 14.1. The molecule has 0 saturated carbocycles. The van der Waals surface area contributed by atoms with E-state index in [-0.39, 0.29) is 18.5 Å². The molecule has 0 radical (unpaired) electrons. The zero-order chi connectivity index (χ0) is 13.1. The molecule has 0 aliphatic carbocycles. The molecule has 17 heavy (non-hydrogen) atoms. The second-order valence-corrected chi connectivity index (χ2v) is 3.60. The largest absolute Gasteiger partial charge is 0.573 e. The van der Waals surface area contributed by atoms with Crippen molar-refractivity contribution >= 4 is 0 Å². The van der Waals surface area contributed by atoms with E-state index in [4.69, 9.17) is 5.73 Å². The first-order chi connectivity index (χ1) is 7.80. The fourth-order valence-corrected chi connectivity index (χ4v) is 1.44. The minimum Gasteiger partial charge on any atom is -0.406 e. The highest BCUT2D eigenvalue weighted by atomic mass is 19.4. The standard InChI is InChI=1S/C11H13F4NO/c1-2-10(12,7-16)8-4-3-5-9(6-8)17-11(13,14)15/h3-6H,2,7,16H2,1H3. The van der Waals surface area contributed by atoms with Crippen LogP contribution in [0, 0.1) is 0 Å². The molecule has 2 N–H and O–H groups in total. The summed E-state index contributed by atoms with van der Waals surface area (Å²) in [7, 11) is 0. The number of benzene rings is 1. The first kappa shape index (κ1) is 13.8. The molecule has 0 aliphatic heterocycles. The van der Waals surface area contributed by atoms with Crippen molar-refractivity contribution in [3.63, 3.8) is 0 Å². The highest BCUT2D eigenvalue weighted by molar-refractivity contribution is 5.32. The molecular formula is C11H13F4NO. The summed E-state index contributed by atoms with van der Waals surface area (Å²) in [5.41, 5.74) is 3.55. The van der Waals surface area contributed by atoms with E-state index in [2.05, 4.69) is 4.74 Å². The Bertz CT molecular complexity index is 374. The van der Waals surface area contributed by atoms with Crippen molar-refractivity contribution in [1.29, 1.82) is 0 Å².